The molecule has 1 saturated heterocycles. The fourth-order valence-electron chi connectivity index (χ4n) is 1.11. The molecule has 1 aliphatic heterocycles. The first-order valence-corrected chi connectivity index (χ1v) is 4.76. The van der Waals surface area contributed by atoms with Gasteiger partial charge in [-0.3, -0.25) is 4.79 Å². The van der Waals surface area contributed by atoms with Crippen molar-refractivity contribution in [1.82, 2.24) is 4.90 Å². The quantitative estimate of drug-likeness (QED) is 0.634. The van der Waals surface area contributed by atoms with E-state index in [1.807, 2.05) is 13.8 Å². The molecule has 78 valence electrons. The van der Waals surface area contributed by atoms with Gasteiger partial charge in [0.1, 0.15) is 6.61 Å². The molecule has 1 aliphatic rings. The van der Waals surface area contributed by atoms with Gasteiger partial charge in [-0.25, -0.2) is 0 Å². The van der Waals surface area contributed by atoms with Crippen LogP contribution >= 0.6 is 0 Å². The number of hydrogen-bond donors (Lipinski definition) is 1. The van der Waals surface area contributed by atoms with E-state index in [9.17, 15) is 4.79 Å². The highest BCUT2D eigenvalue weighted by Gasteiger charge is 2.19. The SMILES string of the molecule is CC.CN1CC(CN)COCC1=O. The van der Waals surface area contributed by atoms with Crippen LogP contribution in [-0.2, 0) is 9.53 Å². The monoisotopic (exact) mass is 188 g/mol. The first kappa shape index (κ1) is 12.4. The fourth-order valence-corrected chi connectivity index (χ4v) is 1.11. The van der Waals surface area contributed by atoms with E-state index in [2.05, 4.69) is 0 Å². The Morgan fingerprint density at radius 1 is 1.62 bits per heavy atom. The maximum absolute atomic E-state index is 11.0. The molecule has 4 heteroatoms. The van der Waals surface area contributed by atoms with Crippen LogP contribution in [0.15, 0.2) is 0 Å². The first-order valence-electron chi connectivity index (χ1n) is 4.76. The highest BCUT2D eigenvalue weighted by Crippen LogP contribution is 2.03. The van der Waals surface area contributed by atoms with E-state index >= 15 is 0 Å². The molecule has 0 bridgehead atoms. The topological polar surface area (TPSA) is 55.6 Å². The van der Waals surface area contributed by atoms with Crippen LogP contribution < -0.4 is 5.73 Å². The Morgan fingerprint density at radius 2 is 2.23 bits per heavy atom. The number of carbonyl (C=O) groups excluding carboxylic acids is 1. The third-order valence-corrected chi connectivity index (χ3v) is 1.87. The molecule has 0 aromatic carbocycles. The Hall–Kier alpha value is -0.610. The molecule has 4 nitrogen and oxygen atoms in total. The summed E-state index contributed by atoms with van der Waals surface area (Å²) in [5.41, 5.74) is 5.46. The zero-order chi connectivity index (χ0) is 10.3. The first-order chi connectivity index (χ1) is 6.24. The van der Waals surface area contributed by atoms with Gasteiger partial charge < -0.3 is 15.4 Å². The normalized spacial score (nSPS) is 23.2. The number of carbonyl (C=O) groups is 1. The summed E-state index contributed by atoms with van der Waals surface area (Å²) >= 11 is 0. The highest BCUT2D eigenvalue weighted by atomic mass is 16.5. The molecule has 1 amide bonds. The number of amides is 1. The van der Waals surface area contributed by atoms with Crippen molar-refractivity contribution in [2.45, 2.75) is 13.8 Å². The summed E-state index contributed by atoms with van der Waals surface area (Å²) in [7, 11) is 1.78. The molecule has 0 aromatic heterocycles. The number of hydrogen-bond acceptors (Lipinski definition) is 3. The third kappa shape index (κ3) is 4.24. The highest BCUT2D eigenvalue weighted by molar-refractivity contribution is 5.77. The Morgan fingerprint density at radius 3 is 2.77 bits per heavy atom. The van der Waals surface area contributed by atoms with Gasteiger partial charge in [-0.05, 0) is 6.54 Å². The van der Waals surface area contributed by atoms with E-state index < -0.39 is 0 Å². The zero-order valence-corrected chi connectivity index (χ0v) is 8.75. The lowest BCUT2D eigenvalue weighted by Gasteiger charge is -2.17. The molecular weight excluding hydrogens is 168 g/mol. The second-order valence-corrected chi connectivity index (χ2v) is 2.89. The van der Waals surface area contributed by atoms with Crippen molar-refractivity contribution in [2.24, 2.45) is 11.7 Å². The Balaban J connectivity index is 0.000000671. The number of likely N-dealkylation sites (N-methyl/N-ethyl adjacent to an activating group) is 1. The van der Waals surface area contributed by atoms with Gasteiger partial charge in [-0.1, -0.05) is 13.8 Å². The molecular formula is C9H20N2O2. The zero-order valence-electron chi connectivity index (χ0n) is 8.75. The van der Waals surface area contributed by atoms with Gasteiger partial charge in [0.2, 0.25) is 5.91 Å². The van der Waals surface area contributed by atoms with Crippen LogP contribution in [0.1, 0.15) is 13.8 Å². The van der Waals surface area contributed by atoms with Gasteiger partial charge >= 0.3 is 0 Å². The van der Waals surface area contributed by atoms with Crippen LogP contribution in [-0.4, -0.2) is 44.2 Å². The van der Waals surface area contributed by atoms with Gasteiger partial charge in [0.15, 0.2) is 0 Å². The minimum atomic E-state index is 0.0425. The van der Waals surface area contributed by atoms with Gasteiger partial charge in [0.05, 0.1) is 6.61 Å². The molecule has 1 heterocycles. The van der Waals surface area contributed by atoms with Crippen molar-refractivity contribution in [1.29, 1.82) is 0 Å². The van der Waals surface area contributed by atoms with E-state index in [0.717, 1.165) is 6.54 Å². The van der Waals surface area contributed by atoms with Gasteiger partial charge in [-0.15, -0.1) is 0 Å². The average molecular weight is 188 g/mol. The molecule has 0 saturated carbocycles. The second-order valence-electron chi connectivity index (χ2n) is 2.89. The maximum Gasteiger partial charge on any atom is 0.248 e. The molecule has 13 heavy (non-hydrogen) atoms. The van der Waals surface area contributed by atoms with Crippen molar-refractivity contribution in [3.05, 3.63) is 0 Å². The predicted molar refractivity (Wildman–Crippen MR) is 52.3 cm³/mol. The molecule has 0 aromatic rings. The van der Waals surface area contributed by atoms with E-state index in [4.69, 9.17) is 10.5 Å². The molecule has 1 atom stereocenters. The maximum atomic E-state index is 11.0. The summed E-state index contributed by atoms with van der Waals surface area (Å²) in [6.45, 7) is 6.10. The summed E-state index contributed by atoms with van der Waals surface area (Å²) in [4.78, 5) is 12.7. The van der Waals surface area contributed by atoms with E-state index in [0.29, 0.717) is 19.1 Å². The molecule has 0 spiro atoms. The largest absolute Gasteiger partial charge is 0.371 e. The standard InChI is InChI=1S/C7H14N2O2.C2H6/c1-9-3-6(2-8)4-11-5-7(9)10;1-2/h6H,2-5,8H2,1H3;1-2H3. The fraction of sp³-hybridized carbons (Fsp3) is 0.889. The molecule has 0 radical (unpaired) electrons. The van der Waals surface area contributed by atoms with Crippen LogP contribution in [0.5, 0.6) is 0 Å². The number of rotatable bonds is 1. The number of nitrogens with zero attached hydrogens (tertiary/aromatic N) is 1. The van der Waals surface area contributed by atoms with Crippen molar-refractivity contribution in [3.63, 3.8) is 0 Å². The molecule has 1 fully saturated rings. The van der Waals surface area contributed by atoms with Crippen molar-refractivity contribution in [2.75, 3.05) is 33.4 Å². The molecule has 1 rings (SSSR count). The Kier molecular flexibility index (Phi) is 6.54. The number of nitrogens with two attached hydrogens (primary N) is 1. The lowest BCUT2D eigenvalue weighted by atomic mass is 10.1. The van der Waals surface area contributed by atoms with E-state index in [1.54, 1.807) is 11.9 Å². The van der Waals surface area contributed by atoms with Gasteiger partial charge in [-0.2, -0.15) is 0 Å². The minimum Gasteiger partial charge on any atom is -0.371 e. The van der Waals surface area contributed by atoms with Crippen LogP contribution in [0.4, 0.5) is 0 Å². The Labute approximate surface area is 80.0 Å². The minimum absolute atomic E-state index is 0.0425. The number of ether oxygens (including phenoxy) is 1. The van der Waals surface area contributed by atoms with Gasteiger partial charge in [0.25, 0.3) is 0 Å². The Bertz CT molecular complexity index is 151. The smallest absolute Gasteiger partial charge is 0.248 e. The van der Waals surface area contributed by atoms with Crippen molar-refractivity contribution in [3.8, 4) is 0 Å². The third-order valence-electron chi connectivity index (χ3n) is 1.87. The predicted octanol–water partition coefficient (Wildman–Crippen LogP) is 0.0761. The molecule has 0 aliphatic carbocycles. The lowest BCUT2D eigenvalue weighted by Crippen LogP contribution is -2.33. The van der Waals surface area contributed by atoms with E-state index in [1.165, 1.54) is 0 Å². The lowest BCUT2D eigenvalue weighted by molar-refractivity contribution is -0.132. The summed E-state index contributed by atoms with van der Waals surface area (Å²) < 4.78 is 5.11. The second kappa shape index (κ2) is 6.86. The van der Waals surface area contributed by atoms with Crippen LogP contribution in [0.3, 0.4) is 0 Å². The summed E-state index contributed by atoms with van der Waals surface area (Å²) in [6.07, 6.45) is 0. The van der Waals surface area contributed by atoms with Crippen molar-refractivity contribution < 1.29 is 9.53 Å². The van der Waals surface area contributed by atoms with Crippen molar-refractivity contribution >= 4 is 5.91 Å². The van der Waals surface area contributed by atoms with Crippen LogP contribution in [0.2, 0.25) is 0 Å². The summed E-state index contributed by atoms with van der Waals surface area (Å²) in [6, 6.07) is 0. The molecule has 2 N–H and O–H groups in total. The van der Waals surface area contributed by atoms with Gasteiger partial charge in [0, 0.05) is 19.5 Å². The van der Waals surface area contributed by atoms with Crippen LogP contribution in [0, 0.1) is 5.92 Å². The van der Waals surface area contributed by atoms with Crippen LogP contribution in [0.25, 0.3) is 0 Å². The molecule has 1 unspecified atom stereocenters. The average Bonchev–Trinajstić information content (AvgIpc) is 2.33. The summed E-state index contributed by atoms with van der Waals surface area (Å²) in [5, 5.41) is 0. The summed E-state index contributed by atoms with van der Waals surface area (Å²) in [5.74, 6) is 0.340. The van der Waals surface area contributed by atoms with E-state index in [-0.39, 0.29) is 12.5 Å².